The average molecular weight is 307 g/mol. The van der Waals surface area contributed by atoms with Crippen LogP contribution in [0.15, 0.2) is 36.4 Å². The molecule has 0 aliphatic carbocycles. The first kappa shape index (κ1) is 15.6. The number of methoxy groups -OCH3 is 2. The first-order valence-electron chi connectivity index (χ1n) is 6.55. The van der Waals surface area contributed by atoms with E-state index in [1.165, 1.54) is 0 Å². The lowest BCUT2D eigenvalue weighted by molar-refractivity contribution is 0.387. The second kappa shape index (κ2) is 6.80. The van der Waals surface area contributed by atoms with Crippen LogP contribution >= 0.6 is 11.6 Å². The smallest absolute Gasteiger partial charge is 0.127 e. The van der Waals surface area contributed by atoms with Crippen LogP contribution in [-0.2, 0) is 0 Å². The molecule has 1 unspecified atom stereocenters. The fraction of sp³-hybridized carbons (Fsp3) is 0.250. The van der Waals surface area contributed by atoms with Gasteiger partial charge in [0.15, 0.2) is 0 Å². The molecular formula is C16H19ClN2O2. The number of halogens is 1. The molecule has 2 rings (SSSR count). The fourth-order valence-corrected chi connectivity index (χ4v) is 2.52. The van der Waals surface area contributed by atoms with Crippen LogP contribution < -0.4 is 20.7 Å². The highest BCUT2D eigenvalue weighted by atomic mass is 35.5. The molecule has 0 aliphatic heterocycles. The van der Waals surface area contributed by atoms with Gasteiger partial charge in [-0.1, -0.05) is 23.7 Å². The Bertz CT molecular complexity index is 632. The van der Waals surface area contributed by atoms with Crippen molar-refractivity contribution in [1.29, 1.82) is 0 Å². The van der Waals surface area contributed by atoms with Crippen LogP contribution in [0.1, 0.15) is 22.7 Å². The van der Waals surface area contributed by atoms with Crippen molar-refractivity contribution in [3.8, 4) is 11.5 Å². The topological polar surface area (TPSA) is 56.5 Å². The van der Waals surface area contributed by atoms with Gasteiger partial charge in [-0.2, -0.15) is 0 Å². The standard InChI is InChI=1S/C16H19ClN2O2/c1-10-12(5-4-6-14(10)17)16(19-18)13-8-7-11(20-2)9-15(13)21-3/h4-9,16,19H,18H2,1-3H3. The SMILES string of the molecule is COc1ccc(C(NN)c2cccc(Cl)c2C)c(OC)c1. The summed E-state index contributed by atoms with van der Waals surface area (Å²) in [4.78, 5) is 0. The predicted octanol–water partition coefficient (Wildman–Crippen LogP) is 3.22. The minimum atomic E-state index is -0.218. The summed E-state index contributed by atoms with van der Waals surface area (Å²) in [6.45, 7) is 1.97. The molecule has 112 valence electrons. The fourth-order valence-electron chi connectivity index (χ4n) is 2.34. The van der Waals surface area contributed by atoms with Crippen molar-refractivity contribution in [1.82, 2.24) is 5.43 Å². The molecule has 0 fully saturated rings. The molecule has 0 heterocycles. The largest absolute Gasteiger partial charge is 0.497 e. The molecule has 0 aromatic heterocycles. The van der Waals surface area contributed by atoms with Crippen molar-refractivity contribution in [2.24, 2.45) is 5.84 Å². The third-order valence-electron chi connectivity index (χ3n) is 3.54. The Morgan fingerprint density at radius 3 is 2.48 bits per heavy atom. The van der Waals surface area contributed by atoms with E-state index in [1.807, 2.05) is 43.3 Å². The van der Waals surface area contributed by atoms with Crippen molar-refractivity contribution in [3.05, 3.63) is 58.1 Å². The zero-order chi connectivity index (χ0) is 15.4. The first-order valence-corrected chi connectivity index (χ1v) is 6.93. The molecular weight excluding hydrogens is 288 g/mol. The molecule has 0 spiro atoms. The van der Waals surface area contributed by atoms with Gasteiger partial charge in [0.1, 0.15) is 11.5 Å². The molecule has 0 amide bonds. The number of ether oxygens (including phenoxy) is 2. The predicted molar refractivity (Wildman–Crippen MR) is 84.9 cm³/mol. The number of hydrogen-bond acceptors (Lipinski definition) is 4. The molecule has 1 atom stereocenters. The molecule has 0 aliphatic rings. The molecule has 0 radical (unpaired) electrons. The lowest BCUT2D eigenvalue weighted by atomic mass is 9.94. The maximum absolute atomic E-state index is 6.20. The summed E-state index contributed by atoms with van der Waals surface area (Å²) in [5.74, 6) is 7.21. The third-order valence-corrected chi connectivity index (χ3v) is 3.95. The summed E-state index contributed by atoms with van der Waals surface area (Å²) in [5.41, 5.74) is 5.75. The first-order chi connectivity index (χ1) is 10.1. The van der Waals surface area contributed by atoms with Gasteiger partial charge in [-0.25, -0.2) is 5.43 Å². The van der Waals surface area contributed by atoms with Gasteiger partial charge in [-0.05, 0) is 36.2 Å². The number of hydrazine groups is 1. The number of nitrogens with two attached hydrogens (primary N) is 1. The molecule has 21 heavy (non-hydrogen) atoms. The van der Waals surface area contributed by atoms with Crippen LogP contribution in [0.3, 0.4) is 0 Å². The monoisotopic (exact) mass is 306 g/mol. The summed E-state index contributed by atoms with van der Waals surface area (Å²) in [6.07, 6.45) is 0. The van der Waals surface area contributed by atoms with Gasteiger partial charge >= 0.3 is 0 Å². The van der Waals surface area contributed by atoms with Gasteiger partial charge in [0.05, 0.1) is 20.3 Å². The summed E-state index contributed by atoms with van der Waals surface area (Å²) in [7, 11) is 3.24. The minimum absolute atomic E-state index is 0.218. The lowest BCUT2D eigenvalue weighted by Gasteiger charge is -2.22. The Morgan fingerprint density at radius 2 is 1.86 bits per heavy atom. The average Bonchev–Trinajstić information content (AvgIpc) is 2.52. The molecule has 2 aromatic carbocycles. The van der Waals surface area contributed by atoms with Gasteiger partial charge in [0.2, 0.25) is 0 Å². The molecule has 4 nitrogen and oxygen atoms in total. The van der Waals surface area contributed by atoms with Crippen molar-refractivity contribution in [3.63, 3.8) is 0 Å². The van der Waals surface area contributed by atoms with Crippen LogP contribution in [0.4, 0.5) is 0 Å². The highest BCUT2D eigenvalue weighted by molar-refractivity contribution is 6.31. The third kappa shape index (κ3) is 3.13. The van der Waals surface area contributed by atoms with Crippen molar-refractivity contribution >= 4 is 11.6 Å². The van der Waals surface area contributed by atoms with E-state index in [1.54, 1.807) is 14.2 Å². The van der Waals surface area contributed by atoms with E-state index in [9.17, 15) is 0 Å². The van der Waals surface area contributed by atoms with Crippen molar-refractivity contribution < 1.29 is 9.47 Å². The number of rotatable bonds is 5. The van der Waals surface area contributed by atoms with E-state index in [0.29, 0.717) is 10.8 Å². The number of nitrogens with one attached hydrogen (secondary N) is 1. The second-order valence-corrected chi connectivity index (χ2v) is 5.07. The number of hydrogen-bond donors (Lipinski definition) is 2. The van der Waals surface area contributed by atoms with Gasteiger partial charge in [-0.3, -0.25) is 5.84 Å². The van der Waals surface area contributed by atoms with Crippen LogP contribution in [0.25, 0.3) is 0 Å². The zero-order valence-corrected chi connectivity index (χ0v) is 13.1. The highest BCUT2D eigenvalue weighted by Gasteiger charge is 2.20. The molecule has 0 saturated heterocycles. The Hall–Kier alpha value is -1.75. The van der Waals surface area contributed by atoms with Gasteiger partial charge in [0.25, 0.3) is 0 Å². The summed E-state index contributed by atoms with van der Waals surface area (Å²) in [6, 6.07) is 11.2. The second-order valence-electron chi connectivity index (χ2n) is 4.66. The van der Waals surface area contributed by atoms with E-state index < -0.39 is 0 Å². The molecule has 2 aromatic rings. The van der Waals surface area contributed by atoms with E-state index in [0.717, 1.165) is 22.4 Å². The molecule has 0 bridgehead atoms. The van der Waals surface area contributed by atoms with E-state index in [-0.39, 0.29) is 6.04 Å². The Morgan fingerprint density at radius 1 is 1.10 bits per heavy atom. The summed E-state index contributed by atoms with van der Waals surface area (Å²) in [5, 5.41) is 0.709. The highest BCUT2D eigenvalue weighted by Crippen LogP contribution is 2.35. The van der Waals surface area contributed by atoms with Crippen molar-refractivity contribution in [2.75, 3.05) is 14.2 Å². The Kier molecular flexibility index (Phi) is 5.07. The minimum Gasteiger partial charge on any atom is -0.497 e. The quantitative estimate of drug-likeness (QED) is 0.658. The van der Waals surface area contributed by atoms with Gasteiger partial charge in [-0.15, -0.1) is 0 Å². The van der Waals surface area contributed by atoms with E-state index in [2.05, 4.69) is 5.43 Å². The van der Waals surface area contributed by atoms with Crippen LogP contribution in [0.5, 0.6) is 11.5 Å². The summed E-state index contributed by atoms with van der Waals surface area (Å²) >= 11 is 6.20. The zero-order valence-electron chi connectivity index (χ0n) is 12.3. The number of benzene rings is 2. The maximum Gasteiger partial charge on any atom is 0.127 e. The normalized spacial score (nSPS) is 12.0. The molecule has 5 heteroatoms. The van der Waals surface area contributed by atoms with Gasteiger partial charge < -0.3 is 9.47 Å². The molecule has 3 N–H and O–H groups in total. The van der Waals surface area contributed by atoms with E-state index >= 15 is 0 Å². The lowest BCUT2D eigenvalue weighted by Crippen LogP contribution is -2.29. The Balaban J connectivity index is 2.53. The maximum atomic E-state index is 6.20. The Labute approximate surface area is 129 Å². The van der Waals surface area contributed by atoms with Crippen LogP contribution in [-0.4, -0.2) is 14.2 Å². The summed E-state index contributed by atoms with van der Waals surface area (Å²) < 4.78 is 10.7. The van der Waals surface area contributed by atoms with Crippen LogP contribution in [0.2, 0.25) is 5.02 Å². The van der Waals surface area contributed by atoms with Crippen LogP contribution in [0, 0.1) is 6.92 Å². The van der Waals surface area contributed by atoms with Gasteiger partial charge in [0, 0.05) is 16.7 Å². The van der Waals surface area contributed by atoms with Crippen molar-refractivity contribution in [2.45, 2.75) is 13.0 Å². The van der Waals surface area contributed by atoms with E-state index in [4.69, 9.17) is 26.9 Å². The molecule has 0 saturated carbocycles.